The van der Waals surface area contributed by atoms with Gasteiger partial charge in [0.2, 0.25) is 0 Å². The predicted octanol–water partition coefficient (Wildman–Crippen LogP) is 3.86. The van der Waals surface area contributed by atoms with Crippen LogP contribution in [0, 0.1) is 0 Å². The molecule has 0 aliphatic rings. The molecule has 2 aromatic carbocycles. The van der Waals surface area contributed by atoms with Gasteiger partial charge >= 0.3 is 0 Å². The SMILES string of the molecule is C[C@@H](/C=N/NC(=O)c1ccc(Cl)cc1)c1ccccc1. The smallest absolute Gasteiger partial charge is 0.267 e. The van der Waals surface area contributed by atoms with Gasteiger partial charge in [-0.25, -0.2) is 5.43 Å². The second kappa shape index (κ2) is 6.87. The molecule has 0 aliphatic heterocycles. The van der Waals surface area contributed by atoms with E-state index < -0.39 is 0 Å². The molecule has 2 rings (SSSR count). The molecule has 0 fully saturated rings. The summed E-state index contributed by atoms with van der Waals surface area (Å²) < 4.78 is 0. The molecule has 20 heavy (non-hydrogen) atoms. The van der Waals surface area contributed by atoms with E-state index in [1.165, 1.54) is 0 Å². The van der Waals surface area contributed by atoms with Crippen LogP contribution in [0.4, 0.5) is 0 Å². The highest BCUT2D eigenvalue weighted by Gasteiger charge is 2.04. The van der Waals surface area contributed by atoms with Crippen molar-refractivity contribution in [2.24, 2.45) is 5.10 Å². The molecule has 1 amide bonds. The molecular formula is C16H15ClN2O. The van der Waals surface area contributed by atoms with Gasteiger partial charge in [-0.1, -0.05) is 48.9 Å². The summed E-state index contributed by atoms with van der Waals surface area (Å²) in [7, 11) is 0. The molecule has 4 heteroatoms. The Bertz CT molecular complexity index is 594. The lowest BCUT2D eigenvalue weighted by atomic mass is 10.0. The lowest BCUT2D eigenvalue weighted by Crippen LogP contribution is -2.17. The third-order valence-electron chi connectivity index (χ3n) is 2.90. The lowest BCUT2D eigenvalue weighted by molar-refractivity contribution is 0.0955. The second-order valence-corrected chi connectivity index (χ2v) is 4.86. The normalized spacial score (nSPS) is 12.3. The molecule has 1 N–H and O–H groups in total. The van der Waals surface area contributed by atoms with E-state index in [9.17, 15) is 4.79 Å². The number of benzene rings is 2. The number of carbonyl (C=O) groups is 1. The van der Waals surface area contributed by atoms with Gasteiger partial charge in [-0.3, -0.25) is 4.79 Å². The zero-order valence-corrected chi connectivity index (χ0v) is 11.8. The Balaban J connectivity index is 1.93. The molecule has 1 atom stereocenters. The second-order valence-electron chi connectivity index (χ2n) is 4.43. The maximum atomic E-state index is 11.8. The molecule has 0 unspecified atom stereocenters. The molecule has 0 bridgehead atoms. The molecule has 0 saturated heterocycles. The van der Waals surface area contributed by atoms with Crippen LogP contribution in [0.1, 0.15) is 28.8 Å². The number of hydrogen-bond donors (Lipinski definition) is 1. The molecule has 0 aliphatic carbocycles. The number of hydrogen-bond acceptors (Lipinski definition) is 2. The summed E-state index contributed by atoms with van der Waals surface area (Å²) in [5, 5.41) is 4.59. The van der Waals surface area contributed by atoms with Crippen molar-refractivity contribution in [3.63, 3.8) is 0 Å². The van der Waals surface area contributed by atoms with E-state index in [4.69, 9.17) is 11.6 Å². The highest BCUT2D eigenvalue weighted by molar-refractivity contribution is 6.30. The number of hydrazone groups is 1. The van der Waals surface area contributed by atoms with E-state index in [1.54, 1.807) is 30.5 Å². The van der Waals surface area contributed by atoms with Crippen molar-refractivity contribution in [1.29, 1.82) is 0 Å². The largest absolute Gasteiger partial charge is 0.271 e. The van der Waals surface area contributed by atoms with E-state index in [1.807, 2.05) is 37.3 Å². The van der Waals surface area contributed by atoms with Crippen LogP contribution in [-0.4, -0.2) is 12.1 Å². The number of amides is 1. The summed E-state index contributed by atoms with van der Waals surface area (Å²) in [5.74, 6) is -0.111. The maximum Gasteiger partial charge on any atom is 0.271 e. The molecule has 0 heterocycles. The molecule has 3 nitrogen and oxygen atoms in total. The number of nitrogens with zero attached hydrogens (tertiary/aromatic N) is 1. The zero-order chi connectivity index (χ0) is 14.4. The zero-order valence-electron chi connectivity index (χ0n) is 11.1. The van der Waals surface area contributed by atoms with Crippen molar-refractivity contribution in [3.05, 3.63) is 70.7 Å². The minimum atomic E-state index is -0.252. The summed E-state index contributed by atoms with van der Waals surface area (Å²) in [6, 6.07) is 16.6. The van der Waals surface area contributed by atoms with Gasteiger partial charge in [0, 0.05) is 22.7 Å². The van der Waals surface area contributed by atoms with Gasteiger partial charge in [0.15, 0.2) is 0 Å². The van der Waals surface area contributed by atoms with Crippen molar-refractivity contribution in [2.45, 2.75) is 12.8 Å². The van der Waals surface area contributed by atoms with E-state index in [0.717, 1.165) is 5.56 Å². The van der Waals surface area contributed by atoms with Gasteiger partial charge < -0.3 is 0 Å². The first-order valence-electron chi connectivity index (χ1n) is 6.31. The van der Waals surface area contributed by atoms with E-state index in [0.29, 0.717) is 10.6 Å². The first kappa shape index (κ1) is 14.3. The predicted molar refractivity (Wildman–Crippen MR) is 82.3 cm³/mol. The van der Waals surface area contributed by atoms with Crippen LogP contribution in [0.3, 0.4) is 0 Å². The molecule has 0 saturated carbocycles. The summed E-state index contributed by atoms with van der Waals surface area (Å²) >= 11 is 5.77. The summed E-state index contributed by atoms with van der Waals surface area (Å²) in [5.41, 5.74) is 4.18. The number of nitrogens with one attached hydrogen (secondary N) is 1. The fourth-order valence-corrected chi connectivity index (χ4v) is 1.84. The van der Waals surface area contributed by atoms with Crippen LogP contribution >= 0.6 is 11.6 Å². The standard InChI is InChI=1S/C16H15ClN2O/c1-12(13-5-3-2-4-6-13)11-18-19-16(20)14-7-9-15(17)10-8-14/h2-12H,1H3,(H,19,20)/b18-11+/t12-/m0/s1. The first-order chi connectivity index (χ1) is 9.66. The topological polar surface area (TPSA) is 41.5 Å². The van der Waals surface area contributed by atoms with Crippen LogP contribution in [0.2, 0.25) is 5.02 Å². The van der Waals surface area contributed by atoms with E-state index in [-0.39, 0.29) is 11.8 Å². The van der Waals surface area contributed by atoms with E-state index >= 15 is 0 Å². The molecular weight excluding hydrogens is 272 g/mol. The van der Waals surface area contributed by atoms with Crippen LogP contribution < -0.4 is 5.43 Å². The summed E-state index contributed by atoms with van der Waals surface area (Å²) in [4.78, 5) is 11.8. The van der Waals surface area contributed by atoms with Crippen molar-refractivity contribution in [3.8, 4) is 0 Å². The van der Waals surface area contributed by atoms with Crippen molar-refractivity contribution in [1.82, 2.24) is 5.43 Å². The number of halogens is 1. The van der Waals surface area contributed by atoms with Crippen molar-refractivity contribution >= 4 is 23.7 Å². The number of carbonyl (C=O) groups excluding carboxylic acids is 1. The first-order valence-corrected chi connectivity index (χ1v) is 6.68. The molecule has 0 radical (unpaired) electrons. The molecule has 0 spiro atoms. The Hall–Kier alpha value is -2.13. The van der Waals surface area contributed by atoms with Gasteiger partial charge in [-0.2, -0.15) is 5.10 Å². The number of rotatable bonds is 4. The van der Waals surface area contributed by atoms with Crippen LogP contribution in [0.5, 0.6) is 0 Å². The lowest BCUT2D eigenvalue weighted by Gasteiger charge is -2.05. The van der Waals surface area contributed by atoms with Crippen LogP contribution in [0.25, 0.3) is 0 Å². The quantitative estimate of drug-likeness (QED) is 0.673. The van der Waals surface area contributed by atoms with Gasteiger partial charge in [0.05, 0.1) is 0 Å². The molecule has 102 valence electrons. The summed E-state index contributed by atoms with van der Waals surface area (Å²) in [6.45, 7) is 2.02. The van der Waals surface area contributed by atoms with Gasteiger partial charge in [0.25, 0.3) is 5.91 Å². The Kier molecular flexibility index (Phi) is 4.91. The highest BCUT2D eigenvalue weighted by Crippen LogP contribution is 2.12. The monoisotopic (exact) mass is 286 g/mol. The van der Waals surface area contributed by atoms with Gasteiger partial charge in [-0.05, 0) is 29.8 Å². The Morgan fingerprint density at radius 2 is 1.80 bits per heavy atom. The van der Waals surface area contributed by atoms with Crippen molar-refractivity contribution < 1.29 is 4.79 Å². The minimum Gasteiger partial charge on any atom is -0.267 e. The minimum absolute atomic E-state index is 0.140. The third kappa shape index (κ3) is 3.93. The molecule has 2 aromatic rings. The van der Waals surface area contributed by atoms with E-state index in [2.05, 4.69) is 10.5 Å². The summed E-state index contributed by atoms with van der Waals surface area (Å²) in [6.07, 6.45) is 1.71. The third-order valence-corrected chi connectivity index (χ3v) is 3.15. The van der Waals surface area contributed by atoms with Crippen LogP contribution in [-0.2, 0) is 0 Å². The highest BCUT2D eigenvalue weighted by atomic mass is 35.5. The Labute approximate surface area is 123 Å². The Morgan fingerprint density at radius 1 is 1.15 bits per heavy atom. The van der Waals surface area contributed by atoms with Gasteiger partial charge in [-0.15, -0.1) is 0 Å². The maximum absolute atomic E-state index is 11.8. The van der Waals surface area contributed by atoms with Crippen LogP contribution in [0.15, 0.2) is 59.7 Å². The van der Waals surface area contributed by atoms with Crippen molar-refractivity contribution in [2.75, 3.05) is 0 Å². The fourth-order valence-electron chi connectivity index (χ4n) is 1.72. The fraction of sp³-hybridized carbons (Fsp3) is 0.125. The van der Waals surface area contributed by atoms with Gasteiger partial charge in [0.1, 0.15) is 0 Å². The average Bonchev–Trinajstić information content (AvgIpc) is 2.48. The average molecular weight is 287 g/mol. The Morgan fingerprint density at radius 3 is 2.45 bits per heavy atom. The molecule has 0 aromatic heterocycles.